The number of benzene rings is 1. The second kappa shape index (κ2) is 7.20. The van der Waals surface area contributed by atoms with Crippen molar-refractivity contribution in [3.05, 3.63) is 42.6 Å². The number of nitrogens with zero attached hydrogens (tertiary/aromatic N) is 5. The first-order valence-electron chi connectivity index (χ1n) is 10.5. The van der Waals surface area contributed by atoms with Crippen molar-refractivity contribution in [1.29, 1.82) is 0 Å². The summed E-state index contributed by atoms with van der Waals surface area (Å²) >= 11 is 0. The van der Waals surface area contributed by atoms with Gasteiger partial charge in [-0.05, 0) is 71.8 Å². The van der Waals surface area contributed by atoms with Crippen molar-refractivity contribution in [3.8, 4) is 17.0 Å². The maximum atomic E-state index is 10.5. The Kier molecular flexibility index (Phi) is 4.93. The molecule has 3 aromatic rings. The number of aromatic nitrogens is 3. The standard InChI is InChI=1S/C24H31N5O/c1-23(2)14-17(15-24(3,4)29(23)6)28(5)22-10-9-19(26-27-22)18-12-16-8-7-11-25-20(16)13-21(18)30/h7-13,17,30H,14-15H2,1-6H3. The van der Waals surface area contributed by atoms with Crippen LogP contribution >= 0.6 is 0 Å². The highest BCUT2D eigenvalue weighted by Gasteiger charge is 2.44. The summed E-state index contributed by atoms with van der Waals surface area (Å²) in [5.74, 6) is 1.01. The number of rotatable bonds is 3. The zero-order chi connectivity index (χ0) is 21.7. The van der Waals surface area contributed by atoms with Crippen molar-refractivity contribution in [2.75, 3.05) is 19.0 Å². The number of anilines is 1. The van der Waals surface area contributed by atoms with Crippen LogP contribution in [0.5, 0.6) is 5.75 Å². The Morgan fingerprint density at radius 1 is 1.03 bits per heavy atom. The second-order valence-corrected chi connectivity index (χ2v) is 9.70. The Morgan fingerprint density at radius 2 is 1.73 bits per heavy atom. The molecule has 1 N–H and O–H groups in total. The van der Waals surface area contributed by atoms with E-state index in [9.17, 15) is 5.11 Å². The van der Waals surface area contributed by atoms with Gasteiger partial charge in [-0.25, -0.2) is 0 Å². The minimum atomic E-state index is 0.110. The van der Waals surface area contributed by atoms with E-state index in [2.05, 4.69) is 66.8 Å². The molecule has 0 unspecified atom stereocenters. The number of phenols is 1. The van der Waals surface area contributed by atoms with E-state index >= 15 is 0 Å². The first kappa shape index (κ1) is 20.5. The third-order valence-corrected chi connectivity index (χ3v) is 6.84. The lowest BCUT2D eigenvalue weighted by Crippen LogP contribution is -2.62. The number of hydrogen-bond donors (Lipinski definition) is 1. The van der Waals surface area contributed by atoms with E-state index in [0.29, 0.717) is 17.3 Å². The van der Waals surface area contributed by atoms with Gasteiger partial charge in [0.05, 0.1) is 11.2 Å². The highest BCUT2D eigenvalue weighted by molar-refractivity contribution is 5.87. The fourth-order valence-corrected chi connectivity index (χ4v) is 4.75. The zero-order valence-corrected chi connectivity index (χ0v) is 18.7. The van der Waals surface area contributed by atoms with Crippen LogP contribution in [0.15, 0.2) is 42.6 Å². The molecule has 0 amide bonds. The summed E-state index contributed by atoms with van der Waals surface area (Å²) in [6.45, 7) is 9.23. The molecule has 0 spiro atoms. The fourth-order valence-electron chi connectivity index (χ4n) is 4.75. The molecular weight excluding hydrogens is 374 g/mol. The number of likely N-dealkylation sites (tertiary alicyclic amines) is 1. The van der Waals surface area contributed by atoms with E-state index in [4.69, 9.17) is 0 Å². The molecule has 1 aliphatic rings. The Hall–Kier alpha value is -2.73. The van der Waals surface area contributed by atoms with Gasteiger partial charge in [0.25, 0.3) is 0 Å². The van der Waals surface area contributed by atoms with Gasteiger partial charge in [-0.2, -0.15) is 0 Å². The monoisotopic (exact) mass is 405 g/mol. The van der Waals surface area contributed by atoms with Crippen molar-refractivity contribution >= 4 is 16.7 Å². The summed E-state index contributed by atoms with van der Waals surface area (Å²) in [6, 6.07) is 11.8. The van der Waals surface area contributed by atoms with Gasteiger partial charge in [0.2, 0.25) is 0 Å². The first-order valence-corrected chi connectivity index (χ1v) is 10.5. The van der Waals surface area contributed by atoms with E-state index in [-0.39, 0.29) is 16.8 Å². The molecule has 30 heavy (non-hydrogen) atoms. The second-order valence-electron chi connectivity index (χ2n) is 9.70. The van der Waals surface area contributed by atoms with Crippen LogP contribution in [0.3, 0.4) is 0 Å². The molecule has 1 fully saturated rings. The van der Waals surface area contributed by atoms with Gasteiger partial charge in [-0.1, -0.05) is 6.07 Å². The zero-order valence-electron chi connectivity index (χ0n) is 18.7. The SMILES string of the molecule is CN(c1ccc(-c2cc3cccnc3cc2O)nn1)C1CC(C)(C)N(C)C(C)(C)C1. The van der Waals surface area contributed by atoms with Gasteiger partial charge < -0.3 is 10.0 Å². The van der Waals surface area contributed by atoms with Crippen LogP contribution in [-0.2, 0) is 0 Å². The minimum absolute atomic E-state index is 0.110. The van der Waals surface area contributed by atoms with Crippen LogP contribution in [0.2, 0.25) is 0 Å². The Bertz CT molecular complexity index is 1040. The van der Waals surface area contributed by atoms with Crippen LogP contribution in [0.25, 0.3) is 22.2 Å². The fraction of sp³-hybridized carbons (Fsp3) is 0.458. The molecule has 0 bridgehead atoms. The summed E-state index contributed by atoms with van der Waals surface area (Å²) in [6.07, 6.45) is 3.84. The van der Waals surface area contributed by atoms with Gasteiger partial charge in [0.1, 0.15) is 5.75 Å². The van der Waals surface area contributed by atoms with E-state index < -0.39 is 0 Å². The normalized spacial score (nSPS) is 19.1. The van der Waals surface area contributed by atoms with Gasteiger partial charge in [-0.15, -0.1) is 10.2 Å². The van der Waals surface area contributed by atoms with Crippen molar-refractivity contribution in [2.24, 2.45) is 0 Å². The van der Waals surface area contributed by atoms with E-state index in [1.165, 1.54) is 0 Å². The molecular formula is C24H31N5O. The van der Waals surface area contributed by atoms with Crippen LogP contribution in [0.1, 0.15) is 40.5 Å². The molecule has 0 atom stereocenters. The molecule has 4 rings (SSSR count). The van der Waals surface area contributed by atoms with Crippen LogP contribution in [0.4, 0.5) is 5.82 Å². The molecule has 1 aromatic carbocycles. The average Bonchev–Trinajstić information content (AvgIpc) is 2.70. The number of aromatic hydroxyl groups is 1. The molecule has 1 aliphatic heterocycles. The van der Waals surface area contributed by atoms with Crippen LogP contribution in [-0.4, -0.2) is 56.4 Å². The lowest BCUT2D eigenvalue weighted by molar-refractivity contribution is -0.0120. The molecule has 6 heteroatoms. The molecule has 2 aromatic heterocycles. The first-order chi connectivity index (χ1) is 14.1. The predicted molar refractivity (Wildman–Crippen MR) is 122 cm³/mol. The third-order valence-electron chi connectivity index (χ3n) is 6.84. The molecule has 0 aliphatic carbocycles. The Balaban J connectivity index is 1.60. The Morgan fingerprint density at radius 3 is 2.37 bits per heavy atom. The highest BCUT2D eigenvalue weighted by atomic mass is 16.3. The van der Waals surface area contributed by atoms with E-state index in [0.717, 1.165) is 29.6 Å². The third kappa shape index (κ3) is 3.60. The highest BCUT2D eigenvalue weighted by Crippen LogP contribution is 2.39. The van der Waals surface area contributed by atoms with Crippen molar-refractivity contribution in [1.82, 2.24) is 20.1 Å². The minimum Gasteiger partial charge on any atom is -0.507 e. The number of hydrogen-bond acceptors (Lipinski definition) is 6. The molecule has 6 nitrogen and oxygen atoms in total. The maximum Gasteiger partial charge on any atom is 0.151 e. The quantitative estimate of drug-likeness (QED) is 0.693. The molecule has 3 heterocycles. The Labute approximate surface area is 178 Å². The van der Waals surface area contributed by atoms with Gasteiger partial charge in [0.15, 0.2) is 5.82 Å². The number of piperidine rings is 1. The van der Waals surface area contributed by atoms with Crippen LogP contribution in [0, 0.1) is 0 Å². The topological polar surface area (TPSA) is 65.4 Å². The van der Waals surface area contributed by atoms with Crippen molar-refractivity contribution in [2.45, 2.75) is 57.7 Å². The number of fused-ring (bicyclic) bond motifs is 1. The lowest BCUT2D eigenvalue weighted by Gasteiger charge is -2.55. The van der Waals surface area contributed by atoms with E-state index in [1.54, 1.807) is 12.3 Å². The smallest absolute Gasteiger partial charge is 0.151 e. The average molecular weight is 406 g/mol. The number of pyridine rings is 1. The molecule has 0 radical (unpaired) electrons. The predicted octanol–water partition coefficient (Wildman–Crippen LogP) is 4.49. The van der Waals surface area contributed by atoms with Gasteiger partial charge in [-0.3, -0.25) is 9.88 Å². The van der Waals surface area contributed by atoms with Crippen LogP contribution < -0.4 is 4.90 Å². The maximum absolute atomic E-state index is 10.5. The van der Waals surface area contributed by atoms with Gasteiger partial charge in [0, 0.05) is 47.4 Å². The van der Waals surface area contributed by atoms with Crippen molar-refractivity contribution in [3.63, 3.8) is 0 Å². The van der Waals surface area contributed by atoms with E-state index in [1.807, 2.05) is 30.3 Å². The summed E-state index contributed by atoms with van der Waals surface area (Å²) in [4.78, 5) is 9.02. The summed E-state index contributed by atoms with van der Waals surface area (Å²) < 4.78 is 0. The van der Waals surface area contributed by atoms with Crippen molar-refractivity contribution < 1.29 is 5.11 Å². The number of phenolic OH excluding ortho intramolecular Hbond substituents is 1. The largest absolute Gasteiger partial charge is 0.507 e. The summed E-state index contributed by atoms with van der Waals surface area (Å²) in [5, 5.41) is 20.4. The molecule has 0 saturated carbocycles. The summed E-state index contributed by atoms with van der Waals surface area (Å²) in [7, 11) is 4.32. The lowest BCUT2D eigenvalue weighted by atomic mass is 9.77. The molecule has 1 saturated heterocycles. The van der Waals surface area contributed by atoms with Gasteiger partial charge >= 0.3 is 0 Å². The summed E-state index contributed by atoms with van der Waals surface area (Å²) in [5.41, 5.74) is 2.30. The molecule has 158 valence electrons.